The van der Waals surface area contributed by atoms with Crippen LogP contribution >= 0.6 is 0 Å². The van der Waals surface area contributed by atoms with Crippen molar-refractivity contribution in [3.8, 4) is 5.69 Å². The van der Waals surface area contributed by atoms with E-state index in [4.69, 9.17) is 11.5 Å². The number of amides is 1. The Balaban J connectivity index is 1.22. The van der Waals surface area contributed by atoms with Crippen LogP contribution in [0.4, 0.5) is 5.82 Å². The van der Waals surface area contributed by atoms with E-state index in [0.29, 0.717) is 50.0 Å². The van der Waals surface area contributed by atoms with Crippen LogP contribution in [0.2, 0.25) is 0 Å². The summed E-state index contributed by atoms with van der Waals surface area (Å²) in [5.74, 6) is 1.29. The molecule has 2 fully saturated rings. The number of carbonyl (C=O) groups is 1. The van der Waals surface area contributed by atoms with Gasteiger partial charge in [-0.05, 0) is 87.7 Å². The van der Waals surface area contributed by atoms with E-state index >= 15 is 0 Å². The zero-order valence-electron chi connectivity index (χ0n) is 21.4. The molecule has 1 amide bonds. The predicted octanol–water partition coefficient (Wildman–Crippen LogP) is 0.803. The lowest BCUT2D eigenvalue weighted by Crippen LogP contribution is -2.57. The van der Waals surface area contributed by atoms with E-state index in [1.165, 1.54) is 24.0 Å². The van der Waals surface area contributed by atoms with E-state index in [0.717, 1.165) is 31.5 Å². The first-order valence-corrected chi connectivity index (χ1v) is 13.2. The lowest BCUT2D eigenvalue weighted by atomic mass is 9.79. The number of anilines is 1. The van der Waals surface area contributed by atoms with E-state index < -0.39 is 5.54 Å². The van der Waals surface area contributed by atoms with Crippen molar-refractivity contribution in [1.82, 2.24) is 19.8 Å². The molecule has 194 valence electrons. The van der Waals surface area contributed by atoms with Crippen LogP contribution in [0.25, 0.3) is 5.69 Å². The standard InChI is InChI=1S/C27H39N7O2/c1-27(2,29)25(35)33-11-9-32(10-12-33)24-7-8-34(26(36)31-24)23-6-4-19-15-21(5-3-20(19)16-23)30-22-13-18(14-22)17-28/h4,6-8,16,18,21-22,30H,3,5,9-15,17,28-29H2,1-2H3. The number of aromatic nitrogens is 2. The van der Waals surface area contributed by atoms with Crippen molar-refractivity contribution in [2.24, 2.45) is 17.4 Å². The number of piperazine rings is 1. The number of carbonyl (C=O) groups excluding carboxylic acids is 1. The maximum atomic E-state index is 12.9. The van der Waals surface area contributed by atoms with Crippen molar-refractivity contribution in [2.45, 2.75) is 63.6 Å². The molecule has 1 saturated heterocycles. The number of aryl methyl sites for hydroxylation is 1. The van der Waals surface area contributed by atoms with E-state index in [2.05, 4.69) is 27.3 Å². The smallest absolute Gasteiger partial charge is 0.353 e. The Hall–Kier alpha value is -2.75. The molecule has 2 aromatic rings. The summed E-state index contributed by atoms with van der Waals surface area (Å²) in [7, 11) is 0. The van der Waals surface area contributed by atoms with Crippen LogP contribution in [0.1, 0.15) is 44.2 Å². The summed E-state index contributed by atoms with van der Waals surface area (Å²) in [5, 5.41) is 3.82. The summed E-state index contributed by atoms with van der Waals surface area (Å²) < 4.78 is 1.62. The second kappa shape index (κ2) is 9.95. The largest absolute Gasteiger partial charge is 0.354 e. The van der Waals surface area contributed by atoms with Crippen LogP contribution in [0.5, 0.6) is 0 Å². The summed E-state index contributed by atoms with van der Waals surface area (Å²) in [6, 6.07) is 9.35. The zero-order valence-corrected chi connectivity index (χ0v) is 21.4. The van der Waals surface area contributed by atoms with Crippen molar-refractivity contribution in [3.63, 3.8) is 0 Å². The van der Waals surface area contributed by atoms with Crippen LogP contribution in [0.15, 0.2) is 35.3 Å². The van der Waals surface area contributed by atoms with Crippen LogP contribution in [-0.2, 0) is 17.6 Å². The topological polar surface area (TPSA) is 123 Å². The van der Waals surface area contributed by atoms with Crippen molar-refractivity contribution < 1.29 is 4.79 Å². The fraction of sp³-hybridized carbons (Fsp3) is 0.593. The quantitative estimate of drug-likeness (QED) is 0.544. The summed E-state index contributed by atoms with van der Waals surface area (Å²) >= 11 is 0. The summed E-state index contributed by atoms with van der Waals surface area (Å²) in [6.07, 6.45) is 7.36. The third-order valence-electron chi connectivity index (χ3n) is 7.97. The summed E-state index contributed by atoms with van der Waals surface area (Å²) in [4.78, 5) is 33.6. The molecule has 5 rings (SSSR count). The highest BCUT2D eigenvalue weighted by molar-refractivity contribution is 5.85. The third kappa shape index (κ3) is 5.19. The van der Waals surface area contributed by atoms with Gasteiger partial charge in [0.2, 0.25) is 5.91 Å². The molecule has 36 heavy (non-hydrogen) atoms. The van der Waals surface area contributed by atoms with E-state index in [1.54, 1.807) is 23.3 Å². The minimum absolute atomic E-state index is 0.0525. The minimum Gasteiger partial charge on any atom is -0.353 e. The lowest BCUT2D eigenvalue weighted by Gasteiger charge is -2.39. The number of nitrogens with one attached hydrogen (secondary N) is 1. The minimum atomic E-state index is -0.877. The Morgan fingerprint density at radius 3 is 2.53 bits per heavy atom. The van der Waals surface area contributed by atoms with E-state index in [1.807, 2.05) is 18.3 Å². The Labute approximate surface area is 212 Å². The molecule has 1 aromatic carbocycles. The molecule has 1 atom stereocenters. The van der Waals surface area contributed by atoms with Gasteiger partial charge in [0.25, 0.3) is 0 Å². The van der Waals surface area contributed by atoms with Gasteiger partial charge in [-0.2, -0.15) is 4.98 Å². The van der Waals surface area contributed by atoms with Crippen molar-refractivity contribution in [3.05, 3.63) is 52.1 Å². The first-order chi connectivity index (χ1) is 17.2. The van der Waals surface area contributed by atoms with Crippen LogP contribution < -0.4 is 27.4 Å². The molecule has 2 heterocycles. The van der Waals surface area contributed by atoms with Gasteiger partial charge in [-0.1, -0.05) is 6.07 Å². The summed E-state index contributed by atoms with van der Waals surface area (Å²) in [5.41, 5.74) is 14.1. The molecule has 3 aliphatic rings. The molecule has 5 N–H and O–H groups in total. The highest BCUT2D eigenvalue weighted by Gasteiger charge is 2.32. The average Bonchev–Trinajstić information content (AvgIpc) is 2.84. The summed E-state index contributed by atoms with van der Waals surface area (Å²) in [6.45, 7) is 6.64. The van der Waals surface area contributed by atoms with Crippen LogP contribution in [0.3, 0.4) is 0 Å². The van der Waals surface area contributed by atoms with Crippen molar-refractivity contribution in [1.29, 1.82) is 0 Å². The van der Waals surface area contributed by atoms with Crippen molar-refractivity contribution >= 4 is 11.7 Å². The molecule has 1 saturated carbocycles. The number of fused-ring (bicyclic) bond motifs is 1. The van der Waals surface area contributed by atoms with Gasteiger partial charge in [0, 0.05) is 44.5 Å². The molecule has 1 unspecified atom stereocenters. The van der Waals surface area contributed by atoms with Crippen molar-refractivity contribution in [2.75, 3.05) is 37.6 Å². The lowest BCUT2D eigenvalue weighted by molar-refractivity contribution is -0.136. The molecule has 0 spiro atoms. The predicted molar refractivity (Wildman–Crippen MR) is 141 cm³/mol. The Morgan fingerprint density at radius 1 is 1.11 bits per heavy atom. The van der Waals surface area contributed by atoms with Gasteiger partial charge in [-0.15, -0.1) is 0 Å². The maximum absolute atomic E-state index is 12.9. The van der Waals surface area contributed by atoms with Gasteiger partial charge < -0.3 is 26.6 Å². The first-order valence-electron chi connectivity index (χ1n) is 13.2. The number of hydrogen-bond donors (Lipinski definition) is 3. The van der Waals surface area contributed by atoms with Gasteiger partial charge in [0.05, 0.1) is 11.2 Å². The third-order valence-corrected chi connectivity index (χ3v) is 7.97. The zero-order chi connectivity index (χ0) is 25.4. The van der Waals surface area contributed by atoms with Crippen LogP contribution in [0, 0.1) is 5.92 Å². The number of rotatable bonds is 6. The number of nitrogens with two attached hydrogens (primary N) is 2. The highest BCUT2D eigenvalue weighted by atomic mass is 16.2. The number of benzene rings is 1. The number of hydrogen-bond acceptors (Lipinski definition) is 7. The molecule has 2 aliphatic carbocycles. The molecule has 0 radical (unpaired) electrons. The molecule has 0 bridgehead atoms. The van der Waals surface area contributed by atoms with Gasteiger partial charge in [0.1, 0.15) is 5.82 Å². The van der Waals surface area contributed by atoms with Gasteiger partial charge in [0.15, 0.2) is 0 Å². The fourth-order valence-electron chi connectivity index (χ4n) is 5.74. The Bertz CT molecular complexity index is 1160. The maximum Gasteiger partial charge on any atom is 0.354 e. The van der Waals surface area contributed by atoms with E-state index in [9.17, 15) is 9.59 Å². The first kappa shape index (κ1) is 24.9. The highest BCUT2D eigenvalue weighted by Crippen LogP contribution is 2.29. The van der Waals surface area contributed by atoms with Crippen LogP contribution in [-0.4, -0.2) is 70.7 Å². The molecular weight excluding hydrogens is 454 g/mol. The second-order valence-corrected chi connectivity index (χ2v) is 11.3. The molecule has 1 aromatic heterocycles. The molecule has 1 aliphatic heterocycles. The number of nitrogens with zero attached hydrogens (tertiary/aromatic N) is 4. The SMILES string of the molecule is CC(C)(N)C(=O)N1CCN(c2ccn(-c3ccc4c(c3)CCC(NC3CC(CN)C3)C4)c(=O)n2)CC1. The molecule has 9 heteroatoms. The Morgan fingerprint density at radius 2 is 1.86 bits per heavy atom. The van der Waals surface area contributed by atoms with Gasteiger partial charge in [-0.3, -0.25) is 9.36 Å². The van der Waals surface area contributed by atoms with Gasteiger partial charge >= 0.3 is 5.69 Å². The average molecular weight is 494 g/mol. The fourth-order valence-corrected chi connectivity index (χ4v) is 5.74. The normalized spacial score (nSPS) is 24.3. The van der Waals surface area contributed by atoms with E-state index in [-0.39, 0.29) is 11.6 Å². The second-order valence-electron chi connectivity index (χ2n) is 11.3. The van der Waals surface area contributed by atoms with Gasteiger partial charge in [-0.25, -0.2) is 4.79 Å². The molecular formula is C27H39N7O2. The molecule has 9 nitrogen and oxygen atoms in total. The monoisotopic (exact) mass is 493 g/mol. The Kier molecular flexibility index (Phi) is 6.89.